The zero-order valence-electron chi connectivity index (χ0n) is 13.2. The third-order valence-electron chi connectivity index (χ3n) is 4.01. The van der Waals surface area contributed by atoms with Crippen molar-refractivity contribution in [1.29, 1.82) is 0 Å². The van der Waals surface area contributed by atoms with Crippen LogP contribution in [-0.2, 0) is 4.79 Å². The number of aliphatic carboxylic acids is 1. The number of benzene rings is 1. The first-order valence-electron chi connectivity index (χ1n) is 7.94. The van der Waals surface area contributed by atoms with E-state index in [0.29, 0.717) is 12.0 Å². The molecule has 122 valence electrons. The Hall–Kier alpha value is -2.95. The highest BCUT2D eigenvalue weighted by Gasteiger charge is 2.22. The van der Waals surface area contributed by atoms with E-state index in [0.717, 1.165) is 35.2 Å². The predicted octanol–water partition coefficient (Wildman–Crippen LogP) is 3.72. The van der Waals surface area contributed by atoms with E-state index in [1.54, 1.807) is 18.5 Å². The lowest BCUT2D eigenvalue weighted by atomic mass is 9.94. The largest absolute Gasteiger partial charge is 0.481 e. The van der Waals surface area contributed by atoms with Gasteiger partial charge in [0.2, 0.25) is 0 Å². The topological polar surface area (TPSA) is 79.3 Å². The smallest absolute Gasteiger partial charge is 0.303 e. The zero-order valence-corrected chi connectivity index (χ0v) is 13.2. The third-order valence-corrected chi connectivity index (χ3v) is 4.01. The second-order valence-corrected chi connectivity index (χ2v) is 5.68. The number of aromatic nitrogens is 1. The Kier molecular flexibility index (Phi) is 4.70. The predicted molar refractivity (Wildman–Crippen MR) is 91.8 cm³/mol. The van der Waals surface area contributed by atoms with E-state index in [-0.39, 0.29) is 12.3 Å². The number of carbonyl (C=O) groups is 2. The number of anilines is 1. The molecule has 0 radical (unpaired) electrons. The second-order valence-electron chi connectivity index (χ2n) is 5.68. The van der Waals surface area contributed by atoms with Gasteiger partial charge in [0, 0.05) is 29.9 Å². The van der Waals surface area contributed by atoms with E-state index in [4.69, 9.17) is 5.11 Å². The number of carboxylic acid groups (broad SMARTS) is 1. The van der Waals surface area contributed by atoms with Gasteiger partial charge in [-0.2, -0.15) is 0 Å². The lowest BCUT2D eigenvalue weighted by Crippen LogP contribution is -2.11. The van der Waals surface area contributed by atoms with Crippen molar-refractivity contribution >= 4 is 23.1 Å². The van der Waals surface area contributed by atoms with Crippen molar-refractivity contribution in [3.63, 3.8) is 0 Å². The normalized spacial score (nSPS) is 14.5. The molecule has 5 heteroatoms. The number of nitrogens with zero attached hydrogens (tertiary/aromatic N) is 1. The number of amides is 1. The summed E-state index contributed by atoms with van der Waals surface area (Å²) in [6.45, 7) is 0. The number of unbranched alkanes of at least 4 members (excludes halogenated alkanes) is 2. The minimum absolute atomic E-state index is 0.132. The van der Waals surface area contributed by atoms with Crippen LogP contribution >= 0.6 is 0 Å². The van der Waals surface area contributed by atoms with Crippen molar-refractivity contribution < 1.29 is 14.7 Å². The first-order valence-corrected chi connectivity index (χ1v) is 7.94. The van der Waals surface area contributed by atoms with Crippen molar-refractivity contribution in [2.24, 2.45) is 0 Å². The average molecular weight is 322 g/mol. The Labute approximate surface area is 140 Å². The molecule has 5 nitrogen and oxygen atoms in total. The highest BCUT2D eigenvalue weighted by atomic mass is 16.4. The Bertz CT molecular complexity index is 812. The SMILES string of the molecule is O=C(O)CCCC/C=C1\c2cnccc2NC(=O)c2ccccc21. The van der Waals surface area contributed by atoms with Gasteiger partial charge in [-0.3, -0.25) is 14.6 Å². The van der Waals surface area contributed by atoms with Crippen molar-refractivity contribution in [2.45, 2.75) is 25.7 Å². The minimum atomic E-state index is -0.771. The van der Waals surface area contributed by atoms with Crippen LogP contribution in [0.25, 0.3) is 5.57 Å². The molecule has 2 N–H and O–H groups in total. The molecule has 1 aliphatic heterocycles. The summed E-state index contributed by atoms with van der Waals surface area (Å²) in [6.07, 6.45) is 7.83. The van der Waals surface area contributed by atoms with E-state index in [1.807, 2.05) is 24.3 Å². The minimum Gasteiger partial charge on any atom is -0.481 e. The molecule has 1 aromatic carbocycles. The van der Waals surface area contributed by atoms with E-state index in [1.165, 1.54) is 0 Å². The first-order chi connectivity index (χ1) is 11.7. The molecule has 0 bridgehead atoms. The summed E-state index contributed by atoms with van der Waals surface area (Å²) >= 11 is 0. The van der Waals surface area contributed by atoms with Crippen LogP contribution in [-0.4, -0.2) is 22.0 Å². The van der Waals surface area contributed by atoms with Gasteiger partial charge in [-0.1, -0.05) is 24.3 Å². The van der Waals surface area contributed by atoms with Gasteiger partial charge in [0.1, 0.15) is 0 Å². The number of carboxylic acids is 1. The highest BCUT2D eigenvalue weighted by molar-refractivity contribution is 6.12. The Balaban J connectivity index is 1.96. The maximum absolute atomic E-state index is 12.4. The number of pyridine rings is 1. The molecule has 1 amide bonds. The molecule has 2 heterocycles. The van der Waals surface area contributed by atoms with Gasteiger partial charge in [0.25, 0.3) is 5.91 Å². The van der Waals surface area contributed by atoms with Gasteiger partial charge in [-0.15, -0.1) is 0 Å². The molecule has 2 aromatic rings. The van der Waals surface area contributed by atoms with Crippen LogP contribution in [0.5, 0.6) is 0 Å². The average Bonchev–Trinajstić information content (AvgIpc) is 2.70. The number of hydrogen-bond acceptors (Lipinski definition) is 3. The molecule has 0 unspecified atom stereocenters. The summed E-state index contributed by atoms with van der Waals surface area (Å²) < 4.78 is 0. The monoisotopic (exact) mass is 322 g/mol. The van der Waals surface area contributed by atoms with Crippen molar-refractivity contribution in [3.05, 3.63) is 65.5 Å². The maximum atomic E-state index is 12.4. The highest BCUT2D eigenvalue weighted by Crippen LogP contribution is 2.34. The molecule has 0 spiro atoms. The van der Waals surface area contributed by atoms with Crippen LogP contribution in [0, 0.1) is 0 Å². The molecule has 0 aliphatic carbocycles. The zero-order chi connectivity index (χ0) is 16.9. The molecule has 24 heavy (non-hydrogen) atoms. The van der Waals surface area contributed by atoms with Crippen LogP contribution in [0.4, 0.5) is 5.69 Å². The van der Waals surface area contributed by atoms with Crippen LogP contribution in [0.15, 0.2) is 48.8 Å². The van der Waals surface area contributed by atoms with E-state index < -0.39 is 5.97 Å². The fourth-order valence-electron chi connectivity index (χ4n) is 2.86. The van der Waals surface area contributed by atoms with Gasteiger partial charge < -0.3 is 10.4 Å². The standard InChI is InChI=1S/C19H18N2O3/c22-18(23)9-3-1-2-6-14-13-7-4-5-8-15(13)19(24)21-17-10-11-20-12-16(14)17/h4-8,10-12H,1-3,9H2,(H,21,24)(H,22,23)/b14-6-. The van der Waals surface area contributed by atoms with Gasteiger partial charge in [-0.25, -0.2) is 0 Å². The van der Waals surface area contributed by atoms with Crippen molar-refractivity contribution in [3.8, 4) is 0 Å². The number of fused-ring (bicyclic) bond motifs is 2. The van der Waals surface area contributed by atoms with Crippen LogP contribution in [0.3, 0.4) is 0 Å². The Morgan fingerprint density at radius 3 is 2.71 bits per heavy atom. The van der Waals surface area contributed by atoms with Crippen LogP contribution in [0.1, 0.15) is 47.2 Å². The van der Waals surface area contributed by atoms with Crippen molar-refractivity contribution in [1.82, 2.24) is 4.98 Å². The third kappa shape index (κ3) is 3.35. The lowest BCUT2D eigenvalue weighted by molar-refractivity contribution is -0.137. The number of allylic oxidation sites excluding steroid dienone is 1. The number of rotatable bonds is 5. The van der Waals surface area contributed by atoms with Gasteiger partial charge >= 0.3 is 5.97 Å². The number of hydrogen-bond donors (Lipinski definition) is 2. The number of nitrogens with one attached hydrogen (secondary N) is 1. The summed E-state index contributed by atoms with van der Waals surface area (Å²) in [5, 5.41) is 11.6. The van der Waals surface area contributed by atoms with Gasteiger partial charge in [0.15, 0.2) is 0 Å². The van der Waals surface area contributed by atoms with Crippen LogP contribution in [0.2, 0.25) is 0 Å². The molecular formula is C19H18N2O3. The molecule has 0 saturated carbocycles. The molecule has 1 aliphatic rings. The fourth-order valence-corrected chi connectivity index (χ4v) is 2.86. The molecule has 0 fully saturated rings. The van der Waals surface area contributed by atoms with Gasteiger partial charge in [0.05, 0.1) is 5.69 Å². The molecule has 0 atom stereocenters. The fraction of sp³-hybridized carbons (Fsp3) is 0.211. The molecule has 3 rings (SSSR count). The van der Waals surface area contributed by atoms with Gasteiger partial charge in [-0.05, 0) is 42.5 Å². The quantitative estimate of drug-likeness (QED) is 0.822. The summed E-state index contributed by atoms with van der Waals surface area (Å²) in [7, 11) is 0. The first kappa shape index (κ1) is 15.9. The Morgan fingerprint density at radius 2 is 1.92 bits per heavy atom. The summed E-state index contributed by atoms with van der Waals surface area (Å²) in [4.78, 5) is 27.2. The lowest BCUT2D eigenvalue weighted by Gasteiger charge is -2.10. The van der Waals surface area contributed by atoms with Crippen molar-refractivity contribution in [2.75, 3.05) is 5.32 Å². The van der Waals surface area contributed by atoms with E-state index in [2.05, 4.69) is 16.4 Å². The summed E-state index contributed by atoms with van der Waals surface area (Å²) in [5.41, 5.74) is 4.09. The Morgan fingerprint density at radius 1 is 1.12 bits per heavy atom. The maximum Gasteiger partial charge on any atom is 0.303 e. The molecular weight excluding hydrogens is 304 g/mol. The molecule has 0 saturated heterocycles. The van der Waals surface area contributed by atoms with E-state index in [9.17, 15) is 9.59 Å². The van der Waals surface area contributed by atoms with E-state index >= 15 is 0 Å². The second kappa shape index (κ2) is 7.08. The molecule has 1 aromatic heterocycles. The summed E-state index contributed by atoms with van der Waals surface area (Å²) in [6, 6.07) is 9.28. The summed E-state index contributed by atoms with van der Waals surface area (Å²) in [5.74, 6) is -0.904. The number of carbonyl (C=O) groups excluding carboxylic acids is 1. The van der Waals surface area contributed by atoms with Crippen LogP contribution < -0.4 is 5.32 Å².